The predicted octanol–water partition coefficient (Wildman–Crippen LogP) is 6.11. The zero-order valence-electron chi connectivity index (χ0n) is 22.8. The van der Waals surface area contributed by atoms with Crippen molar-refractivity contribution < 1.29 is 69.2 Å². The van der Waals surface area contributed by atoms with E-state index in [0.717, 1.165) is 77.0 Å². The third kappa shape index (κ3) is 36.1. The molecule has 10 heteroatoms. The van der Waals surface area contributed by atoms with Crippen LogP contribution < -0.4 is 14.7 Å². The van der Waals surface area contributed by atoms with Crippen LogP contribution in [0.1, 0.15) is 119 Å². The van der Waals surface area contributed by atoms with Crippen LogP contribution in [0.2, 0.25) is 0 Å². The van der Waals surface area contributed by atoms with Crippen LogP contribution in [0.5, 0.6) is 0 Å². The van der Waals surface area contributed by atoms with Crippen LogP contribution in [0.3, 0.4) is 0 Å². The Hall–Kier alpha value is 1.92. The molecule has 0 N–H and O–H groups in total. The molecule has 0 aromatic carbocycles. The second kappa shape index (κ2) is 32.9. The second-order valence-electron chi connectivity index (χ2n) is 8.98. The summed E-state index contributed by atoms with van der Waals surface area (Å²) in [6, 6.07) is 0. The van der Waals surface area contributed by atoms with Gasteiger partial charge in [0.1, 0.15) is 0 Å². The van der Waals surface area contributed by atoms with Crippen LogP contribution in [-0.2, 0) is 13.7 Å². The van der Waals surface area contributed by atoms with Gasteiger partial charge in [-0.2, -0.15) is 0 Å². The summed E-state index contributed by atoms with van der Waals surface area (Å²) >= 11 is 0. The Morgan fingerprint density at radius 2 is 0.706 bits per heavy atom. The van der Waals surface area contributed by atoms with E-state index in [1.807, 2.05) is 0 Å². The Kier molecular flexibility index (Phi) is 41.7. The Balaban J connectivity index is -0.000000196. The van der Waals surface area contributed by atoms with Crippen LogP contribution in [0, 0.1) is 58.6 Å². The molecule has 0 amide bonds. The summed E-state index contributed by atoms with van der Waals surface area (Å²) in [5.41, 5.74) is 0. The van der Waals surface area contributed by atoms with Crippen molar-refractivity contribution >= 4 is 24.1 Å². The largest absolute Gasteiger partial charge is 3.00 e. The zero-order chi connectivity index (χ0) is 26.1. The predicted molar refractivity (Wildman–Crippen MR) is 142 cm³/mol. The molecular weight excluding hydrogens is 621 g/mol. The standard InChI is InChI=1S/3C8H19O2P.Nd/c3*1-3-5-6-8(4-2)7-11(9)10;/h3*8,11H,3-7H2,1-2H3,(H,9,10);/q;;;+3/p-3. The first kappa shape index (κ1) is 43.0. The van der Waals surface area contributed by atoms with E-state index in [0.29, 0.717) is 36.2 Å². The van der Waals surface area contributed by atoms with Crippen molar-refractivity contribution in [1.82, 2.24) is 0 Å². The molecule has 0 aliphatic carbocycles. The number of hydrogen-bond donors (Lipinski definition) is 0. The van der Waals surface area contributed by atoms with Gasteiger partial charge < -0.3 is 28.4 Å². The summed E-state index contributed by atoms with van der Waals surface area (Å²) in [6.07, 6.45) is 14.4. The van der Waals surface area contributed by atoms with Gasteiger partial charge in [0, 0.05) is 24.1 Å². The van der Waals surface area contributed by atoms with Gasteiger partial charge >= 0.3 is 40.8 Å². The van der Waals surface area contributed by atoms with Crippen molar-refractivity contribution in [1.29, 1.82) is 0 Å². The summed E-state index contributed by atoms with van der Waals surface area (Å²) in [5, 5.41) is 0. The summed E-state index contributed by atoms with van der Waals surface area (Å²) in [5.74, 6) is 1.25. The molecule has 0 saturated heterocycles. The quantitative estimate of drug-likeness (QED) is 0.162. The van der Waals surface area contributed by atoms with Gasteiger partial charge in [0.05, 0.1) is 0 Å². The Labute approximate surface area is 246 Å². The van der Waals surface area contributed by atoms with Gasteiger partial charge in [0.2, 0.25) is 0 Å². The molecule has 0 heterocycles. The van der Waals surface area contributed by atoms with Gasteiger partial charge in [0.25, 0.3) is 0 Å². The topological polar surface area (TPSA) is 120 Å². The van der Waals surface area contributed by atoms with E-state index in [9.17, 15) is 28.4 Å². The molecule has 0 fully saturated rings. The maximum atomic E-state index is 10.4. The minimum absolute atomic E-state index is 0. The van der Waals surface area contributed by atoms with Crippen LogP contribution >= 0.6 is 24.1 Å². The molecule has 6 nitrogen and oxygen atoms in total. The van der Waals surface area contributed by atoms with Gasteiger partial charge in [-0.25, -0.2) is 0 Å². The first-order valence-corrected chi connectivity index (χ1v) is 17.8. The van der Waals surface area contributed by atoms with E-state index in [2.05, 4.69) is 41.5 Å². The maximum absolute atomic E-state index is 10.4. The first-order valence-electron chi connectivity index (χ1n) is 13.2. The van der Waals surface area contributed by atoms with Crippen LogP contribution in [0.15, 0.2) is 0 Å². The van der Waals surface area contributed by atoms with Gasteiger partial charge in [-0.1, -0.05) is 119 Å². The van der Waals surface area contributed by atoms with Gasteiger partial charge in [-0.05, 0) is 36.2 Å². The Morgan fingerprint density at radius 1 is 0.500 bits per heavy atom. The van der Waals surface area contributed by atoms with E-state index < -0.39 is 24.1 Å². The second-order valence-corrected chi connectivity index (χ2v) is 12.4. The first-order chi connectivity index (χ1) is 15.6. The average molecular weight is 676 g/mol. The molecule has 0 aromatic heterocycles. The van der Waals surface area contributed by atoms with Gasteiger partial charge in [-0.3, -0.25) is 0 Å². The Bertz CT molecular complexity index is 417. The van der Waals surface area contributed by atoms with Crippen molar-refractivity contribution in [3.05, 3.63) is 0 Å². The van der Waals surface area contributed by atoms with E-state index >= 15 is 0 Å². The van der Waals surface area contributed by atoms with Gasteiger partial charge in [-0.15, -0.1) is 0 Å². The molecule has 34 heavy (non-hydrogen) atoms. The summed E-state index contributed by atoms with van der Waals surface area (Å²) in [4.78, 5) is 31.2. The summed E-state index contributed by atoms with van der Waals surface area (Å²) in [6.45, 7) is 12.6. The van der Waals surface area contributed by atoms with Crippen LogP contribution in [0.25, 0.3) is 0 Å². The molecule has 0 aromatic rings. The minimum atomic E-state index is -2.48. The van der Waals surface area contributed by atoms with Gasteiger partial charge in [0.15, 0.2) is 0 Å². The molecular formula is C24H54NdO6P3. The molecule has 0 aliphatic heterocycles. The van der Waals surface area contributed by atoms with Crippen molar-refractivity contribution in [2.75, 3.05) is 18.5 Å². The summed E-state index contributed by atoms with van der Waals surface area (Å²) in [7, 11) is -7.43. The monoisotopic (exact) mass is 673 g/mol. The van der Waals surface area contributed by atoms with Crippen LogP contribution in [0.4, 0.5) is 0 Å². The third-order valence-electron chi connectivity index (χ3n) is 6.00. The van der Waals surface area contributed by atoms with E-state index in [-0.39, 0.29) is 40.8 Å². The number of hydrogen-bond acceptors (Lipinski definition) is 6. The molecule has 6 atom stereocenters. The third-order valence-corrected chi connectivity index (χ3v) is 8.73. The van der Waals surface area contributed by atoms with Crippen LogP contribution in [-0.4, -0.2) is 18.5 Å². The molecule has 0 bridgehead atoms. The van der Waals surface area contributed by atoms with E-state index in [1.165, 1.54) is 0 Å². The summed E-state index contributed by atoms with van der Waals surface area (Å²) < 4.78 is 31.2. The molecule has 0 saturated carbocycles. The molecule has 0 aliphatic rings. The molecule has 6 unspecified atom stereocenters. The molecule has 0 rings (SSSR count). The number of unbranched alkanes of at least 4 members (excludes halogenated alkanes) is 3. The fourth-order valence-corrected chi connectivity index (χ4v) is 6.43. The van der Waals surface area contributed by atoms with Crippen molar-refractivity contribution in [2.45, 2.75) is 119 Å². The van der Waals surface area contributed by atoms with E-state index in [4.69, 9.17) is 0 Å². The molecule has 205 valence electrons. The van der Waals surface area contributed by atoms with Crippen molar-refractivity contribution in [3.8, 4) is 0 Å². The average Bonchev–Trinajstić information content (AvgIpc) is 2.77. The number of rotatable bonds is 18. The van der Waals surface area contributed by atoms with Crippen molar-refractivity contribution in [2.24, 2.45) is 17.8 Å². The molecule has 0 spiro atoms. The Morgan fingerprint density at radius 3 is 0.824 bits per heavy atom. The molecule has 1 radical (unpaired) electrons. The van der Waals surface area contributed by atoms with Crippen molar-refractivity contribution in [3.63, 3.8) is 0 Å². The minimum Gasteiger partial charge on any atom is -0.802 e. The fraction of sp³-hybridized carbons (Fsp3) is 1.00. The van der Waals surface area contributed by atoms with E-state index in [1.54, 1.807) is 0 Å². The zero-order valence-corrected chi connectivity index (χ0v) is 29.0. The fourth-order valence-electron chi connectivity index (χ4n) is 3.54. The SMILES string of the molecule is CCCCC(CC)C[PH](=O)[O-].CCCCC(CC)C[PH](=O)[O-].CCCCC(CC)C[PH](=O)[O-].[Nd+3]. The smallest absolute Gasteiger partial charge is 0.802 e. The maximum Gasteiger partial charge on any atom is 3.00 e. The normalized spacial score (nSPS) is 15.8.